The summed E-state index contributed by atoms with van der Waals surface area (Å²) in [5.74, 6) is -1.83. The van der Waals surface area contributed by atoms with Gasteiger partial charge in [0, 0.05) is 29.3 Å². The largest absolute Gasteiger partial charge is 0.477 e. The number of hydrogen-bond acceptors (Lipinski definition) is 3. The monoisotopic (exact) mass is 445 g/mol. The van der Waals surface area contributed by atoms with Crippen molar-refractivity contribution in [2.24, 2.45) is 0 Å². The zero-order chi connectivity index (χ0) is 23.8. The highest BCUT2D eigenvalue weighted by molar-refractivity contribution is 5.99. The van der Waals surface area contributed by atoms with E-state index in [1.165, 1.54) is 18.3 Å². The molecule has 0 radical (unpaired) electrons. The van der Waals surface area contributed by atoms with Gasteiger partial charge in [-0.3, -0.25) is 4.79 Å². The van der Waals surface area contributed by atoms with Crippen LogP contribution in [-0.4, -0.2) is 27.0 Å². The molecule has 0 bridgehead atoms. The summed E-state index contributed by atoms with van der Waals surface area (Å²) in [6, 6.07) is 15.3. The summed E-state index contributed by atoms with van der Waals surface area (Å²) in [5.41, 5.74) is 3.67. The summed E-state index contributed by atoms with van der Waals surface area (Å²) in [7, 11) is 0. The summed E-state index contributed by atoms with van der Waals surface area (Å²) in [6.07, 6.45) is 1.54. The van der Waals surface area contributed by atoms with Crippen LogP contribution in [0.3, 0.4) is 0 Å². The Balaban J connectivity index is 1.51. The fourth-order valence-electron chi connectivity index (χ4n) is 3.65. The highest BCUT2D eigenvalue weighted by Gasteiger charge is 2.16. The SMILES string of the molecule is CC(C)(C)c1ccc(C(=O)NCc2ccc(-c3ccnc4[nH]c(C(=O)O)cc34)cc2F)cc1. The number of rotatable bonds is 5. The Kier molecular flexibility index (Phi) is 5.72. The molecule has 2 heterocycles. The zero-order valence-electron chi connectivity index (χ0n) is 18.6. The molecule has 4 aromatic rings. The van der Waals surface area contributed by atoms with Gasteiger partial charge in [0.05, 0.1) is 0 Å². The van der Waals surface area contributed by atoms with Gasteiger partial charge in [-0.15, -0.1) is 0 Å². The van der Waals surface area contributed by atoms with E-state index in [0.29, 0.717) is 33.3 Å². The molecular formula is C26H24FN3O3. The van der Waals surface area contributed by atoms with E-state index in [1.807, 2.05) is 12.1 Å². The zero-order valence-corrected chi connectivity index (χ0v) is 18.6. The third kappa shape index (κ3) is 4.62. The standard InChI is InChI=1S/C26H24FN3O3/c1-26(2,3)18-8-6-15(7-9-18)24(31)29-14-17-5-4-16(12-21(17)27)19-10-11-28-23-20(19)13-22(30-23)25(32)33/h4-13H,14H2,1-3H3,(H,28,30)(H,29,31)(H,32,33). The van der Waals surface area contributed by atoms with Crippen LogP contribution in [0.2, 0.25) is 0 Å². The summed E-state index contributed by atoms with van der Waals surface area (Å²) in [6.45, 7) is 6.36. The average molecular weight is 445 g/mol. The average Bonchev–Trinajstić information content (AvgIpc) is 3.22. The Hall–Kier alpha value is -4.00. The van der Waals surface area contributed by atoms with Crippen molar-refractivity contribution in [3.8, 4) is 11.1 Å². The van der Waals surface area contributed by atoms with Crippen molar-refractivity contribution >= 4 is 22.9 Å². The summed E-state index contributed by atoms with van der Waals surface area (Å²) >= 11 is 0. The molecule has 168 valence electrons. The molecule has 0 spiro atoms. The maximum atomic E-state index is 14.8. The molecule has 7 heteroatoms. The second-order valence-electron chi connectivity index (χ2n) is 8.93. The quantitative estimate of drug-likeness (QED) is 0.389. The molecule has 0 unspecified atom stereocenters. The number of halogens is 1. The normalized spacial score (nSPS) is 11.5. The summed E-state index contributed by atoms with van der Waals surface area (Å²) in [4.78, 5) is 30.6. The first-order valence-corrected chi connectivity index (χ1v) is 10.5. The van der Waals surface area contributed by atoms with Crippen molar-refractivity contribution < 1.29 is 19.1 Å². The predicted octanol–water partition coefficient (Wildman–Crippen LogP) is 5.29. The topological polar surface area (TPSA) is 95.1 Å². The van der Waals surface area contributed by atoms with Gasteiger partial charge in [-0.25, -0.2) is 14.2 Å². The Bertz CT molecular complexity index is 1350. The Morgan fingerprint density at radius 3 is 2.42 bits per heavy atom. The number of aromatic nitrogens is 2. The van der Waals surface area contributed by atoms with E-state index in [0.717, 1.165) is 5.56 Å². The van der Waals surface area contributed by atoms with Gasteiger partial charge >= 0.3 is 5.97 Å². The molecule has 0 saturated carbocycles. The van der Waals surface area contributed by atoms with Gasteiger partial charge in [0.15, 0.2) is 0 Å². The number of fused-ring (bicyclic) bond motifs is 1. The molecule has 0 fully saturated rings. The maximum absolute atomic E-state index is 14.8. The lowest BCUT2D eigenvalue weighted by atomic mass is 9.87. The molecule has 4 rings (SSSR count). The number of aromatic carboxylic acids is 1. The number of nitrogens with one attached hydrogen (secondary N) is 2. The van der Waals surface area contributed by atoms with Gasteiger partial charge in [0.1, 0.15) is 17.2 Å². The minimum absolute atomic E-state index is 0.00411. The van der Waals surface area contributed by atoms with E-state index in [4.69, 9.17) is 0 Å². The second kappa shape index (κ2) is 8.50. The van der Waals surface area contributed by atoms with E-state index in [9.17, 15) is 19.1 Å². The molecule has 0 aliphatic carbocycles. The van der Waals surface area contributed by atoms with Crippen molar-refractivity contribution in [3.05, 3.63) is 89.0 Å². The number of amides is 1. The van der Waals surface area contributed by atoms with E-state index in [2.05, 4.69) is 36.1 Å². The van der Waals surface area contributed by atoms with Gasteiger partial charge in [-0.05, 0) is 52.4 Å². The number of carbonyl (C=O) groups is 2. The van der Waals surface area contributed by atoms with E-state index >= 15 is 0 Å². The van der Waals surface area contributed by atoms with Gasteiger partial charge in [0.25, 0.3) is 5.91 Å². The lowest BCUT2D eigenvalue weighted by Crippen LogP contribution is -2.23. The van der Waals surface area contributed by atoms with Gasteiger partial charge in [0.2, 0.25) is 0 Å². The van der Waals surface area contributed by atoms with Crippen LogP contribution in [0.15, 0.2) is 60.8 Å². The van der Waals surface area contributed by atoms with E-state index in [1.54, 1.807) is 30.3 Å². The van der Waals surface area contributed by atoms with Gasteiger partial charge in [-0.2, -0.15) is 0 Å². The van der Waals surface area contributed by atoms with Gasteiger partial charge < -0.3 is 15.4 Å². The van der Waals surface area contributed by atoms with Crippen molar-refractivity contribution in [1.82, 2.24) is 15.3 Å². The number of H-pyrrole nitrogens is 1. The number of carbonyl (C=O) groups excluding carboxylic acids is 1. The van der Waals surface area contributed by atoms with E-state index < -0.39 is 11.8 Å². The van der Waals surface area contributed by atoms with Crippen LogP contribution in [0.25, 0.3) is 22.2 Å². The number of aromatic amines is 1. The first kappa shape index (κ1) is 22.2. The number of hydrogen-bond donors (Lipinski definition) is 3. The Morgan fingerprint density at radius 1 is 1.06 bits per heavy atom. The van der Waals surface area contributed by atoms with Crippen molar-refractivity contribution in [3.63, 3.8) is 0 Å². The van der Waals surface area contributed by atoms with E-state index in [-0.39, 0.29) is 23.6 Å². The number of carboxylic acids is 1. The van der Waals surface area contributed by atoms with Crippen LogP contribution in [-0.2, 0) is 12.0 Å². The molecule has 6 nitrogen and oxygen atoms in total. The second-order valence-corrected chi connectivity index (χ2v) is 8.93. The fourth-order valence-corrected chi connectivity index (χ4v) is 3.65. The van der Waals surface area contributed by atoms with Crippen LogP contribution >= 0.6 is 0 Å². The van der Waals surface area contributed by atoms with Crippen LogP contribution in [0.5, 0.6) is 0 Å². The number of carboxylic acid groups (broad SMARTS) is 1. The molecule has 2 aromatic heterocycles. The first-order chi connectivity index (χ1) is 15.6. The highest BCUT2D eigenvalue weighted by atomic mass is 19.1. The molecule has 0 saturated heterocycles. The number of pyridine rings is 1. The third-order valence-corrected chi connectivity index (χ3v) is 5.58. The van der Waals surface area contributed by atoms with Crippen LogP contribution in [0.4, 0.5) is 4.39 Å². The fraction of sp³-hybridized carbons (Fsp3) is 0.192. The molecule has 3 N–H and O–H groups in total. The molecule has 0 atom stereocenters. The van der Waals surface area contributed by atoms with Crippen LogP contribution in [0.1, 0.15) is 52.7 Å². The minimum Gasteiger partial charge on any atom is -0.477 e. The first-order valence-electron chi connectivity index (χ1n) is 10.5. The molecular weight excluding hydrogens is 421 g/mol. The number of nitrogens with zero attached hydrogens (tertiary/aromatic N) is 1. The minimum atomic E-state index is -1.09. The molecule has 0 aliphatic heterocycles. The molecule has 2 aromatic carbocycles. The van der Waals surface area contributed by atoms with Gasteiger partial charge in [-0.1, -0.05) is 45.0 Å². The summed E-state index contributed by atoms with van der Waals surface area (Å²) < 4.78 is 14.8. The molecule has 0 aliphatic rings. The Morgan fingerprint density at radius 2 is 1.79 bits per heavy atom. The van der Waals surface area contributed by atoms with Crippen molar-refractivity contribution in [2.45, 2.75) is 32.7 Å². The predicted molar refractivity (Wildman–Crippen MR) is 125 cm³/mol. The third-order valence-electron chi connectivity index (χ3n) is 5.58. The lowest BCUT2D eigenvalue weighted by molar-refractivity contribution is 0.0691. The molecule has 33 heavy (non-hydrogen) atoms. The molecule has 1 amide bonds. The number of benzene rings is 2. The van der Waals surface area contributed by atoms with Crippen LogP contribution < -0.4 is 5.32 Å². The lowest BCUT2D eigenvalue weighted by Gasteiger charge is -2.19. The maximum Gasteiger partial charge on any atom is 0.352 e. The smallest absolute Gasteiger partial charge is 0.352 e. The highest BCUT2D eigenvalue weighted by Crippen LogP contribution is 2.29. The summed E-state index contributed by atoms with van der Waals surface area (Å²) in [5, 5.41) is 12.6. The van der Waals surface area contributed by atoms with Crippen molar-refractivity contribution in [2.75, 3.05) is 0 Å². The Labute approximate surface area is 190 Å². The van der Waals surface area contributed by atoms with Crippen molar-refractivity contribution in [1.29, 1.82) is 0 Å². The van der Waals surface area contributed by atoms with Crippen LogP contribution in [0, 0.1) is 5.82 Å².